The topological polar surface area (TPSA) is 47.6 Å². The second kappa shape index (κ2) is 9.01. The lowest BCUT2D eigenvalue weighted by Crippen LogP contribution is -2.29. The minimum Gasteiger partial charge on any atom is -0.457 e. The molecule has 0 heterocycles. The number of methoxy groups -OCH3 is 1. The Balaban J connectivity index is 1.60. The van der Waals surface area contributed by atoms with Gasteiger partial charge in [0.2, 0.25) is 0 Å². The first-order valence-electron chi connectivity index (χ1n) is 8.87. The number of carbonyl (C=O) groups excluding carboxylic acids is 1. The fourth-order valence-corrected chi connectivity index (χ4v) is 2.85. The van der Waals surface area contributed by atoms with Crippen LogP contribution in [0.2, 0.25) is 0 Å². The van der Waals surface area contributed by atoms with Gasteiger partial charge in [0.25, 0.3) is 5.91 Å². The highest BCUT2D eigenvalue weighted by Gasteiger charge is 2.14. The van der Waals surface area contributed by atoms with Crippen molar-refractivity contribution in [1.29, 1.82) is 0 Å². The number of benzene rings is 3. The standard InChI is InChI=1S/C23H23NO3/c1-17-8-6-7-11-21(17)22(26-2)16-24-23(25)18-12-14-20(15-13-18)27-19-9-4-3-5-10-19/h3-15,22H,16H2,1-2H3,(H,24,25). The molecule has 0 aliphatic rings. The average Bonchev–Trinajstić information content (AvgIpc) is 2.71. The lowest BCUT2D eigenvalue weighted by atomic mass is 10.0. The van der Waals surface area contributed by atoms with Gasteiger partial charge in [-0.1, -0.05) is 42.5 Å². The van der Waals surface area contributed by atoms with Crippen molar-refractivity contribution >= 4 is 5.91 Å². The predicted octanol–water partition coefficient (Wildman–Crippen LogP) is 4.90. The molecule has 3 aromatic carbocycles. The average molecular weight is 361 g/mol. The molecule has 0 aliphatic carbocycles. The van der Waals surface area contributed by atoms with Crippen LogP contribution in [0.25, 0.3) is 0 Å². The van der Waals surface area contributed by atoms with Crippen LogP contribution >= 0.6 is 0 Å². The molecule has 27 heavy (non-hydrogen) atoms. The third-order valence-corrected chi connectivity index (χ3v) is 4.36. The van der Waals surface area contributed by atoms with Crippen molar-refractivity contribution < 1.29 is 14.3 Å². The molecular weight excluding hydrogens is 338 g/mol. The van der Waals surface area contributed by atoms with Gasteiger partial charge in [-0.15, -0.1) is 0 Å². The van der Waals surface area contributed by atoms with Crippen LogP contribution < -0.4 is 10.1 Å². The number of amides is 1. The van der Waals surface area contributed by atoms with E-state index >= 15 is 0 Å². The highest BCUT2D eigenvalue weighted by molar-refractivity contribution is 5.94. The maximum atomic E-state index is 12.4. The number of hydrogen-bond acceptors (Lipinski definition) is 3. The maximum absolute atomic E-state index is 12.4. The van der Waals surface area contributed by atoms with Gasteiger partial charge in [-0.05, 0) is 54.4 Å². The summed E-state index contributed by atoms with van der Waals surface area (Å²) in [6, 6.07) is 24.6. The van der Waals surface area contributed by atoms with Crippen molar-refractivity contribution in [1.82, 2.24) is 5.32 Å². The third kappa shape index (κ3) is 4.96. The molecule has 1 unspecified atom stereocenters. The fourth-order valence-electron chi connectivity index (χ4n) is 2.85. The Hall–Kier alpha value is -3.11. The summed E-state index contributed by atoms with van der Waals surface area (Å²) in [6.07, 6.45) is -0.184. The molecule has 0 fully saturated rings. The minimum absolute atomic E-state index is 0.142. The Morgan fingerprint density at radius 2 is 1.52 bits per heavy atom. The molecule has 0 radical (unpaired) electrons. The highest BCUT2D eigenvalue weighted by atomic mass is 16.5. The van der Waals surface area contributed by atoms with E-state index in [2.05, 4.69) is 5.32 Å². The summed E-state index contributed by atoms with van der Waals surface area (Å²) in [5, 5.41) is 2.94. The first-order valence-corrected chi connectivity index (χ1v) is 8.87. The molecule has 0 aliphatic heterocycles. The van der Waals surface area contributed by atoms with E-state index in [-0.39, 0.29) is 12.0 Å². The molecule has 138 valence electrons. The Morgan fingerprint density at radius 1 is 0.889 bits per heavy atom. The van der Waals surface area contributed by atoms with Crippen molar-refractivity contribution in [3.8, 4) is 11.5 Å². The quantitative estimate of drug-likeness (QED) is 0.651. The molecule has 0 spiro atoms. The zero-order chi connectivity index (χ0) is 19.1. The largest absolute Gasteiger partial charge is 0.457 e. The molecule has 1 N–H and O–H groups in total. The van der Waals surface area contributed by atoms with Crippen LogP contribution in [0.1, 0.15) is 27.6 Å². The molecule has 4 heteroatoms. The van der Waals surface area contributed by atoms with Gasteiger partial charge in [0.15, 0.2) is 0 Å². The number of aryl methyl sites for hydroxylation is 1. The molecule has 4 nitrogen and oxygen atoms in total. The SMILES string of the molecule is COC(CNC(=O)c1ccc(Oc2ccccc2)cc1)c1ccccc1C. The lowest BCUT2D eigenvalue weighted by molar-refractivity contribution is 0.0826. The van der Waals surface area contributed by atoms with Gasteiger partial charge in [0.1, 0.15) is 11.5 Å². The van der Waals surface area contributed by atoms with Crippen LogP contribution in [-0.4, -0.2) is 19.6 Å². The van der Waals surface area contributed by atoms with E-state index in [1.165, 1.54) is 0 Å². The number of hydrogen-bond donors (Lipinski definition) is 1. The molecule has 0 saturated heterocycles. The summed E-state index contributed by atoms with van der Waals surface area (Å²) >= 11 is 0. The van der Waals surface area contributed by atoms with E-state index in [4.69, 9.17) is 9.47 Å². The van der Waals surface area contributed by atoms with Crippen molar-refractivity contribution in [2.45, 2.75) is 13.0 Å². The Bertz CT molecular complexity index is 876. The van der Waals surface area contributed by atoms with E-state index in [0.29, 0.717) is 17.9 Å². The first kappa shape index (κ1) is 18.7. The maximum Gasteiger partial charge on any atom is 0.251 e. The molecule has 1 amide bonds. The molecule has 3 aromatic rings. The van der Waals surface area contributed by atoms with Gasteiger partial charge in [0.05, 0.1) is 6.10 Å². The fraction of sp³-hybridized carbons (Fsp3) is 0.174. The molecule has 3 rings (SSSR count). The summed E-state index contributed by atoms with van der Waals surface area (Å²) in [5.41, 5.74) is 2.79. The second-order valence-corrected chi connectivity index (χ2v) is 6.23. The van der Waals surface area contributed by atoms with Crippen molar-refractivity contribution in [2.24, 2.45) is 0 Å². The van der Waals surface area contributed by atoms with E-state index in [9.17, 15) is 4.79 Å². The van der Waals surface area contributed by atoms with Crippen LogP contribution in [0, 0.1) is 6.92 Å². The first-order chi connectivity index (χ1) is 13.2. The summed E-state index contributed by atoms with van der Waals surface area (Å²) in [5.74, 6) is 1.31. The monoisotopic (exact) mass is 361 g/mol. The van der Waals surface area contributed by atoms with Crippen LogP contribution in [0.3, 0.4) is 0 Å². The van der Waals surface area contributed by atoms with Gasteiger partial charge >= 0.3 is 0 Å². The number of para-hydroxylation sites is 1. The molecular formula is C23H23NO3. The highest BCUT2D eigenvalue weighted by Crippen LogP contribution is 2.22. The number of ether oxygens (including phenoxy) is 2. The van der Waals surface area contributed by atoms with Gasteiger partial charge < -0.3 is 14.8 Å². The van der Waals surface area contributed by atoms with E-state index < -0.39 is 0 Å². The summed E-state index contributed by atoms with van der Waals surface area (Å²) < 4.78 is 11.3. The van der Waals surface area contributed by atoms with E-state index in [1.807, 2.05) is 61.5 Å². The Morgan fingerprint density at radius 3 is 2.19 bits per heavy atom. The molecule has 0 saturated carbocycles. The van der Waals surface area contributed by atoms with Gasteiger partial charge in [-0.3, -0.25) is 4.79 Å². The zero-order valence-electron chi connectivity index (χ0n) is 15.5. The van der Waals surface area contributed by atoms with Gasteiger partial charge in [0, 0.05) is 19.2 Å². The zero-order valence-corrected chi connectivity index (χ0v) is 15.5. The number of rotatable bonds is 7. The van der Waals surface area contributed by atoms with Crippen LogP contribution in [0.4, 0.5) is 0 Å². The van der Waals surface area contributed by atoms with E-state index in [1.54, 1.807) is 31.4 Å². The molecule has 0 bridgehead atoms. The lowest BCUT2D eigenvalue weighted by Gasteiger charge is -2.18. The Labute approximate surface area is 159 Å². The van der Waals surface area contributed by atoms with Crippen LogP contribution in [-0.2, 0) is 4.74 Å². The molecule has 1 atom stereocenters. The summed E-state index contributed by atoms with van der Waals surface area (Å²) in [6.45, 7) is 2.44. The number of nitrogens with one attached hydrogen (secondary N) is 1. The van der Waals surface area contributed by atoms with Crippen LogP contribution in [0.5, 0.6) is 11.5 Å². The summed E-state index contributed by atoms with van der Waals surface area (Å²) in [7, 11) is 1.65. The van der Waals surface area contributed by atoms with Crippen molar-refractivity contribution in [3.63, 3.8) is 0 Å². The van der Waals surface area contributed by atoms with Gasteiger partial charge in [-0.25, -0.2) is 0 Å². The predicted molar refractivity (Wildman–Crippen MR) is 106 cm³/mol. The third-order valence-electron chi connectivity index (χ3n) is 4.36. The van der Waals surface area contributed by atoms with Gasteiger partial charge in [-0.2, -0.15) is 0 Å². The number of carbonyl (C=O) groups is 1. The minimum atomic E-state index is -0.184. The smallest absolute Gasteiger partial charge is 0.251 e. The molecule has 0 aromatic heterocycles. The Kier molecular flexibility index (Phi) is 6.23. The van der Waals surface area contributed by atoms with Crippen molar-refractivity contribution in [3.05, 3.63) is 95.6 Å². The normalized spacial score (nSPS) is 11.6. The van der Waals surface area contributed by atoms with Crippen molar-refractivity contribution in [2.75, 3.05) is 13.7 Å². The van der Waals surface area contributed by atoms with E-state index in [0.717, 1.165) is 16.9 Å². The van der Waals surface area contributed by atoms with Crippen LogP contribution in [0.15, 0.2) is 78.9 Å². The summed E-state index contributed by atoms with van der Waals surface area (Å²) in [4.78, 5) is 12.4. The second-order valence-electron chi connectivity index (χ2n) is 6.23.